The maximum Gasteiger partial charge on any atom is 0.259 e. The monoisotopic (exact) mass is 375 g/mol. The Kier molecular flexibility index (Phi) is 5.18. The maximum absolute atomic E-state index is 13.0. The summed E-state index contributed by atoms with van der Waals surface area (Å²) in [5.74, 6) is 2.05. The second-order valence-electron chi connectivity index (χ2n) is 6.88. The molecule has 136 valence electrons. The number of hydrogen-bond acceptors (Lipinski definition) is 4. The van der Waals surface area contributed by atoms with Crippen LogP contribution in [0.2, 0.25) is 5.02 Å². The standard InChI is InChI=1S/C20H19ClFNO3/c1-20(2,3)18-11-19(23-26-18)25-16-8-6-15(7-9-16)24-12-13-4-5-14(22)10-17(13)21/h4-11H,12H2,1-3H3. The van der Waals surface area contributed by atoms with E-state index < -0.39 is 0 Å². The molecule has 1 heterocycles. The molecular weight excluding hydrogens is 357 g/mol. The van der Waals surface area contributed by atoms with Gasteiger partial charge < -0.3 is 14.0 Å². The summed E-state index contributed by atoms with van der Waals surface area (Å²) in [6.45, 7) is 6.36. The maximum atomic E-state index is 13.0. The smallest absolute Gasteiger partial charge is 0.259 e. The van der Waals surface area contributed by atoms with Gasteiger partial charge in [-0.1, -0.05) is 38.4 Å². The Morgan fingerprint density at radius 3 is 2.35 bits per heavy atom. The van der Waals surface area contributed by atoms with Crippen molar-refractivity contribution in [2.45, 2.75) is 32.8 Å². The molecule has 3 aromatic rings. The molecule has 0 spiro atoms. The summed E-state index contributed by atoms with van der Waals surface area (Å²) in [4.78, 5) is 0. The minimum atomic E-state index is -0.372. The van der Waals surface area contributed by atoms with Gasteiger partial charge in [0.15, 0.2) is 0 Å². The molecular formula is C20H19ClFNO3. The van der Waals surface area contributed by atoms with E-state index in [1.807, 2.05) is 20.8 Å². The zero-order chi connectivity index (χ0) is 18.7. The third kappa shape index (κ3) is 4.55. The predicted molar refractivity (Wildman–Crippen MR) is 97.5 cm³/mol. The van der Waals surface area contributed by atoms with Crippen molar-refractivity contribution in [3.8, 4) is 17.4 Å². The Morgan fingerprint density at radius 1 is 1.04 bits per heavy atom. The molecule has 3 rings (SSSR count). The van der Waals surface area contributed by atoms with Crippen LogP contribution in [-0.2, 0) is 12.0 Å². The van der Waals surface area contributed by atoms with Crippen molar-refractivity contribution in [1.82, 2.24) is 5.16 Å². The fraction of sp³-hybridized carbons (Fsp3) is 0.250. The van der Waals surface area contributed by atoms with Crippen LogP contribution < -0.4 is 9.47 Å². The number of halogens is 2. The lowest BCUT2D eigenvalue weighted by Gasteiger charge is -2.11. The van der Waals surface area contributed by atoms with E-state index >= 15 is 0 Å². The summed E-state index contributed by atoms with van der Waals surface area (Å²) in [5.41, 5.74) is 0.583. The molecule has 0 aliphatic heterocycles. The summed E-state index contributed by atoms with van der Waals surface area (Å²) >= 11 is 5.99. The second kappa shape index (κ2) is 7.38. The first kappa shape index (κ1) is 18.3. The molecule has 0 saturated heterocycles. The van der Waals surface area contributed by atoms with Crippen molar-refractivity contribution in [1.29, 1.82) is 0 Å². The lowest BCUT2D eigenvalue weighted by molar-refractivity contribution is 0.304. The van der Waals surface area contributed by atoms with E-state index in [0.29, 0.717) is 28.0 Å². The van der Waals surface area contributed by atoms with Crippen LogP contribution in [-0.4, -0.2) is 5.16 Å². The fourth-order valence-corrected chi connectivity index (χ4v) is 2.41. The molecule has 0 bridgehead atoms. The van der Waals surface area contributed by atoms with Crippen LogP contribution in [0.3, 0.4) is 0 Å². The van der Waals surface area contributed by atoms with E-state index in [1.54, 1.807) is 36.4 Å². The van der Waals surface area contributed by atoms with Crippen molar-refractivity contribution in [3.05, 3.63) is 70.7 Å². The zero-order valence-electron chi connectivity index (χ0n) is 14.8. The minimum absolute atomic E-state index is 0.131. The molecule has 0 saturated carbocycles. The number of rotatable bonds is 5. The van der Waals surface area contributed by atoms with Gasteiger partial charge in [0.1, 0.15) is 29.7 Å². The Bertz CT molecular complexity index is 885. The van der Waals surface area contributed by atoms with Crippen LogP contribution in [0.25, 0.3) is 0 Å². The molecule has 6 heteroatoms. The van der Waals surface area contributed by atoms with Gasteiger partial charge >= 0.3 is 0 Å². The van der Waals surface area contributed by atoms with Crippen molar-refractivity contribution in [3.63, 3.8) is 0 Å². The highest BCUT2D eigenvalue weighted by atomic mass is 35.5. The lowest BCUT2D eigenvalue weighted by Crippen LogP contribution is -2.09. The molecule has 0 N–H and O–H groups in total. The number of ether oxygens (including phenoxy) is 2. The highest BCUT2D eigenvalue weighted by molar-refractivity contribution is 6.31. The van der Waals surface area contributed by atoms with Crippen LogP contribution in [0, 0.1) is 5.82 Å². The molecule has 0 aliphatic rings. The molecule has 0 amide bonds. The molecule has 26 heavy (non-hydrogen) atoms. The molecule has 0 aliphatic carbocycles. The first-order valence-electron chi connectivity index (χ1n) is 8.13. The van der Waals surface area contributed by atoms with Crippen LogP contribution in [0.1, 0.15) is 32.1 Å². The minimum Gasteiger partial charge on any atom is -0.489 e. The SMILES string of the molecule is CC(C)(C)c1cc(Oc2ccc(OCc3ccc(F)cc3Cl)cc2)no1. The molecule has 0 unspecified atom stereocenters. The van der Waals surface area contributed by atoms with Gasteiger partial charge in [-0.15, -0.1) is 0 Å². The molecule has 0 atom stereocenters. The Hall–Kier alpha value is -2.53. The van der Waals surface area contributed by atoms with Gasteiger partial charge in [-0.3, -0.25) is 0 Å². The summed E-state index contributed by atoms with van der Waals surface area (Å²) in [7, 11) is 0. The van der Waals surface area contributed by atoms with Gasteiger partial charge in [-0.25, -0.2) is 4.39 Å². The van der Waals surface area contributed by atoms with Gasteiger partial charge in [0.05, 0.1) is 5.02 Å². The summed E-state index contributed by atoms with van der Waals surface area (Å²) < 4.78 is 29.7. The Labute approximate surface area is 156 Å². The van der Waals surface area contributed by atoms with E-state index in [-0.39, 0.29) is 17.8 Å². The van der Waals surface area contributed by atoms with Crippen LogP contribution in [0.15, 0.2) is 53.1 Å². The number of nitrogens with zero attached hydrogens (tertiary/aromatic N) is 1. The van der Waals surface area contributed by atoms with Crippen LogP contribution in [0.5, 0.6) is 17.4 Å². The zero-order valence-corrected chi connectivity index (χ0v) is 15.5. The average Bonchev–Trinajstić information content (AvgIpc) is 3.04. The van der Waals surface area contributed by atoms with E-state index in [2.05, 4.69) is 5.16 Å². The Balaban J connectivity index is 1.60. The van der Waals surface area contributed by atoms with Crippen LogP contribution in [0.4, 0.5) is 4.39 Å². The van der Waals surface area contributed by atoms with Gasteiger partial charge in [-0.05, 0) is 41.6 Å². The molecule has 2 aromatic carbocycles. The third-order valence-corrected chi connectivity index (χ3v) is 4.04. The summed E-state index contributed by atoms with van der Waals surface area (Å²) in [6, 6.07) is 13.1. The molecule has 1 aromatic heterocycles. The van der Waals surface area contributed by atoms with Gasteiger partial charge in [0, 0.05) is 17.0 Å². The number of hydrogen-bond donors (Lipinski definition) is 0. The topological polar surface area (TPSA) is 44.5 Å². The predicted octanol–water partition coefficient (Wildman–Crippen LogP) is 6.14. The van der Waals surface area contributed by atoms with Gasteiger partial charge in [0.25, 0.3) is 5.88 Å². The largest absolute Gasteiger partial charge is 0.489 e. The van der Waals surface area contributed by atoms with Gasteiger partial charge in [0.2, 0.25) is 0 Å². The van der Waals surface area contributed by atoms with Crippen molar-refractivity contribution >= 4 is 11.6 Å². The fourth-order valence-electron chi connectivity index (χ4n) is 2.19. The molecule has 0 fully saturated rings. The van der Waals surface area contributed by atoms with Crippen molar-refractivity contribution < 1.29 is 18.4 Å². The van der Waals surface area contributed by atoms with E-state index in [1.165, 1.54) is 12.1 Å². The van der Waals surface area contributed by atoms with E-state index in [0.717, 1.165) is 5.76 Å². The first-order valence-corrected chi connectivity index (χ1v) is 8.51. The first-order chi connectivity index (χ1) is 12.3. The highest BCUT2D eigenvalue weighted by Crippen LogP contribution is 2.29. The summed E-state index contributed by atoms with van der Waals surface area (Å²) in [6.07, 6.45) is 0. The average molecular weight is 376 g/mol. The molecule has 4 nitrogen and oxygen atoms in total. The van der Waals surface area contributed by atoms with Crippen LogP contribution >= 0.6 is 11.6 Å². The number of aromatic nitrogens is 1. The molecule has 0 radical (unpaired) electrons. The lowest BCUT2D eigenvalue weighted by atomic mass is 9.94. The third-order valence-electron chi connectivity index (χ3n) is 3.68. The van der Waals surface area contributed by atoms with E-state index in [4.69, 9.17) is 25.6 Å². The van der Waals surface area contributed by atoms with Crippen molar-refractivity contribution in [2.24, 2.45) is 0 Å². The normalized spacial score (nSPS) is 11.4. The summed E-state index contributed by atoms with van der Waals surface area (Å²) in [5, 5.41) is 4.26. The number of benzene rings is 2. The highest BCUT2D eigenvalue weighted by Gasteiger charge is 2.20. The Morgan fingerprint density at radius 2 is 1.73 bits per heavy atom. The van der Waals surface area contributed by atoms with Crippen molar-refractivity contribution in [2.75, 3.05) is 0 Å². The second-order valence-corrected chi connectivity index (χ2v) is 7.28. The van der Waals surface area contributed by atoms with Gasteiger partial charge in [-0.2, -0.15) is 0 Å². The van der Waals surface area contributed by atoms with E-state index in [9.17, 15) is 4.39 Å². The quantitative estimate of drug-likeness (QED) is 0.537.